The molecule has 2 aromatic heterocycles. The Bertz CT molecular complexity index is 706. The van der Waals surface area contributed by atoms with Crippen LogP contribution in [-0.2, 0) is 13.5 Å². The topological polar surface area (TPSA) is 81.7 Å². The van der Waals surface area contributed by atoms with Crippen LogP contribution in [0.25, 0.3) is 11.0 Å². The molecule has 6 heteroatoms. The van der Waals surface area contributed by atoms with Gasteiger partial charge in [0.15, 0.2) is 0 Å². The monoisotopic (exact) mass is 268 g/mol. The van der Waals surface area contributed by atoms with Crippen LogP contribution in [0.1, 0.15) is 17.6 Å². The van der Waals surface area contributed by atoms with E-state index in [0.717, 1.165) is 22.6 Å². The molecular formula is C14H16N6. The highest BCUT2D eigenvalue weighted by Gasteiger charge is 2.16. The van der Waals surface area contributed by atoms with Gasteiger partial charge >= 0.3 is 0 Å². The number of nitrogens with two attached hydrogens (primary N) is 1. The van der Waals surface area contributed by atoms with Crippen molar-refractivity contribution < 1.29 is 0 Å². The maximum Gasteiger partial charge on any atom is 0.115 e. The number of nitrogens with one attached hydrogen (secondary N) is 1. The highest BCUT2D eigenvalue weighted by Crippen LogP contribution is 2.19. The van der Waals surface area contributed by atoms with E-state index in [-0.39, 0.29) is 6.04 Å². The lowest BCUT2D eigenvalue weighted by Crippen LogP contribution is -2.31. The van der Waals surface area contributed by atoms with E-state index in [9.17, 15) is 0 Å². The molecule has 3 N–H and O–H groups in total. The molecule has 0 fully saturated rings. The van der Waals surface area contributed by atoms with Crippen molar-refractivity contribution in [1.82, 2.24) is 24.9 Å². The second kappa shape index (κ2) is 5.36. The van der Waals surface area contributed by atoms with Crippen molar-refractivity contribution in [2.24, 2.45) is 12.9 Å². The molecule has 1 unspecified atom stereocenters. The van der Waals surface area contributed by atoms with Gasteiger partial charge in [0, 0.05) is 19.7 Å². The number of rotatable bonds is 4. The smallest absolute Gasteiger partial charge is 0.115 e. The van der Waals surface area contributed by atoms with Gasteiger partial charge in [-0.15, -0.1) is 0 Å². The third kappa shape index (κ3) is 2.26. The minimum Gasteiger partial charge on any atom is -0.331 e. The van der Waals surface area contributed by atoms with Gasteiger partial charge in [-0.05, 0) is 18.2 Å². The summed E-state index contributed by atoms with van der Waals surface area (Å²) in [4.78, 5) is 12.8. The molecule has 1 atom stereocenters. The Hall–Kier alpha value is -2.31. The summed E-state index contributed by atoms with van der Waals surface area (Å²) in [6.07, 6.45) is 3.90. The van der Waals surface area contributed by atoms with Crippen molar-refractivity contribution in [2.75, 3.05) is 0 Å². The molecule has 0 saturated carbocycles. The predicted molar refractivity (Wildman–Crippen MR) is 76.5 cm³/mol. The molecule has 102 valence electrons. The Morgan fingerprint density at radius 1 is 1.30 bits per heavy atom. The predicted octanol–water partition coefficient (Wildman–Crippen LogP) is 1.11. The highest BCUT2D eigenvalue weighted by molar-refractivity contribution is 5.75. The van der Waals surface area contributed by atoms with Crippen molar-refractivity contribution in [3.8, 4) is 0 Å². The lowest BCUT2D eigenvalue weighted by molar-refractivity contribution is 0.518. The number of aromatic nitrogens is 4. The van der Waals surface area contributed by atoms with Gasteiger partial charge in [0.2, 0.25) is 0 Å². The summed E-state index contributed by atoms with van der Waals surface area (Å²) in [6, 6.07) is 9.83. The first kappa shape index (κ1) is 12.7. The number of hydrogen-bond donors (Lipinski definition) is 2. The molecule has 3 rings (SSSR count). The molecule has 0 amide bonds. The zero-order valence-corrected chi connectivity index (χ0v) is 11.2. The average Bonchev–Trinajstić information content (AvgIpc) is 2.82. The number of benzene rings is 1. The van der Waals surface area contributed by atoms with E-state index in [1.54, 1.807) is 6.20 Å². The number of aryl methyl sites for hydroxylation is 1. The molecule has 20 heavy (non-hydrogen) atoms. The summed E-state index contributed by atoms with van der Waals surface area (Å²) in [5.41, 5.74) is 5.75. The van der Waals surface area contributed by atoms with Crippen molar-refractivity contribution in [3.05, 3.63) is 54.4 Å². The van der Waals surface area contributed by atoms with Crippen molar-refractivity contribution in [2.45, 2.75) is 12.5 Å². The summed E-state index contributed by atoms with van der Waals surface area (Å²) < 4.78 is 2.08. The summed E-state index contributed by atoms with van der Waals surface area (Å²) in [6.45, 7) is 0. The van der Waals surface area contributed by atoms with Crippen LogP contribution in [0.15, 0.2) is 42.9 Å². The van der Waals surface area contributed by atoms with Crippen molar-refractivity contribution >= 4 is 11.0 Å². The van der Waals surface area contributed by atoms with Crippen LogP contribution >= 0.6 is 0 Å². The summed E-state index contributed by atoms with van der Waals surface area (Å²) in [5, 5.41) is 0. The third-order valence-corrected chi connectivity index (χ3v) is 3.43. The fourth-order valence-electron chi connectivity index (χ4n) is 2.32. The number of nitrogens with zero attached hydrogens (tertiary/aromatic N) is 4. The second-order valence-electron chi connectivity index (χ2n) is 4.63. The standard InChI is InChI=1S/C14H16N6/c1-20-13-5-3-2-4-11(13)18-14(20)8-12(19-15)10-6-7-16-9-17-10/h2-7,9,12,19H,8,15H2,1H3. The highest BCUT2D eigenvalue weighted by atomic mass is 15.2. The van der Waals surface area contributed by atoms with Gasteiger partial charge in [0.1, 0.15) is 12.2 Å². The molecular weight excluding hydrogens is 252 g/mol. The summed E-state index contributed by atoms with van der Waals surface area (Å²) in [5.74, 6) is 6.62. The minimum atomic E-state index is -0.0893. The average molecular weight is 268 g/mol. The summed E-state index contributed by atoms with van der Waals surface area (Å²) >= 11 is 0. The van der Waals surface area contributed by atoms with E-state index >= 15 is 0 Å². The van der Waals surface area contributed by atoms with Crippen LogP contribution in [-0.4, -0.2) is 19.5 Å². The minimum absolute atomic E-state index is 0.0893. The number of fused-ring (bicyclic) bond motifs is 1. The molecule has 0 saturated heterocycles. The maximum absolute atomic E-state index is 5.65. The fourth-order valence-corrected chi connectivity index (χ4v) is 2.32. The van der Waals surface area contributed by atoms with E-state index < -0.39 is 0 Å². The largest absolute Gasteiger partial charge is 0.331 e. The number of para-hydroxylation sites is 2. The van der Waals surface area contributed by atoms with Crippen LogP contribution in [0.5, 0.6) is 0 Å². The quantitative estimate of drug-likeness (QED) is 0.547. The zero-order valence-electron chi connectivity index (χ0n) is 11.2. The molecule has 3 aromatic rings. The lowest BCUT2D eigenvalue weighted by atomic mass is 10.1. The van der Waals surface area contributed by atoms with Crippen molar-refractivity contribution in [3.63, 3.8) is 0 Å². The van der Waals surface area contributed by atoms with Crippen LogP contribution in [0, 0.1) is 0 Å². The van der Waals surface area contributed by atoms with Gasteiger partial charge in [-0.2, -0.15) is 0 Å². The Morgan fingerprint density at radius 2 is 2.15 bits per heavy atom. The Kier molecular flexibility index (Phi) is 3.41. The summed E-state index contributed by atoms with van der Waals surface area (Å²) in [7, 11) is 2.01. The van der Waals surface area contributed by atoms with Gasteiger partial charge < -0.3 is 4.57 Å². The second-order valence-corrected chi connectivity index (χ2v) is 4.63. The molecule has 0 aliphatic heterocycles. The number of hydrogen-bond acceptors (Lipinski definition) is 5. The molecule has 0 bridgehead atoms. The third-order valence-electron chi connectivity index (χ3n) is 3.43. The molecule has 6 nitrogen and oxygen atoms in total. The Morgan fingerprint density at radius 3 is 2.85 bits per heavy atom. The first-order valence-corrected chi connectivity index (χ1v) is 6.42. The number of imidazole rings is 1. The van der Waals surface area contributed by atoms with Gasteiger partial charge in [0.25, 0.3) is 0 Å². The van der Waals surface area contributed by atoms with Gasteiger partial charge in [0.05, 0.1) is 22.8 Å². The van der Waals surface area contributed by atoms with E-state index in [4.69, 9.17) is 5.84 Å². The first-order valence-electron chi connectivity index (χ1n) is 6.42. The van der Waals surface area contributed by atoms with E-state index in [1.165, 1.54) is 6.33 Å². The van der Waals surface area contributed by atoms with E-state index in [1.807, 2.05) is 31.3 Å². The SMILES string of the molecule is Cn1c(CC(NN)c2ccncn2)nc2ccccc21. The molecule has 0 radical (unpaired) electrons. The lowest BCUT2D eigenvalue weighted by Gasteiger charge is -2.14. The molecule has 0 aliphatic carbocycles. The first-order chi connectivity index (χ1) is 9.79. The normalized spacial score (nSPS) is 12.7. The van der Waals surface area contributed by atoms with Gasteiger partial charge in [-0.25, -0.2) is 15.0 Å². The van der Waals surface area contributed by atoms with Gasteiger partial charge in [-0.3, -0.25) is 11.3 Å². The van der Waals surface area contributed by atoms with Crippen molar-refractivity contribution in [1.29, 1.82) is 0 Å². The fraction of sp³-hybridized carbons (Fsp3) is 0.214. The van der Waals surface area contributed by atoms with E-state index in [0.29, 0.717) is 6.42 Å². The maximum atomic E-state index is 5.65. The Balaban J connectivity index is 1.94. The molecule has 0 spiro atoms. The van der Waals surface area contributed by atoms with E-state index in [2.05, 4.69) is 31.0 Å². The molecule has 0 aliphatic rings. The number of hydrazine groups is 1. The van der Waals surface area contributed by atoms with Crippen LogP contribution < -0.4 is 11.3 Å². The zero-order chi connectivity index (χ0) is 13.9. The van der Waals surface area contributed by atoms with Gasteiger partial charge in [-0.1, -0.05) is 12.1 Å². The molecule has 1 aromatic carbocycles. The Labute approximate surface area is 116 Å². The van der Waals surface area contributed by atoms with Crippen LogP contribution in [0.3, 0.4) is 0 Å². The molecule has 2 heterocycles. The van der Waals surface area contributed by atoms with Crippen LogP contribution in [0.2, 0.25) is 0 Å². The van der Waals surface area contributed by atoms with Crippen LogP contribution in [0.4, 0.5) is 0 Å².